The fourth-order valence-electron chi connectivity index (χ4n) is 1.17. The minimum atomic E-state index is -1.00. The Hall–Kier alpha value is -1.76. The van der Waals surface area contributed by atoms with E-state index in [9.17, 15) is 8.78 Å². The molecule has 0 N–H and O–H groups in total. The van der Waals surface area contributed by atoms with Crippen molar-refractivity contribution in [2.24, 2.45) is 0 Å². The molecule has 0 fully saturated rings. The quantitative estimate of drug-likeness (QED) is 0.871. The second-order valence-electron chi connectivity index (χ2n) is 3.19. The molecule has 2 aromatic rings. The fourth-order valence-corrected chi connectivity index (χ4v) is 1.53. The lowest BCUT2D eigenvalue weighted by Gasteiger charge is -2.06. The van der Waals surface area contributed by atoms with Crippen LogP contribution in [0.15, 0.2) is 28.9 Å². The highest BCUT2D eigenvalue weighted by Crippen LogP contribution is 2.26. The molecule has 1 aromatic heterocycles. The number of rotatable bonds is 3. The van der Waals surface area contributed by atoms with Crippen LogP contribution < -0.4 is 9.47 Å². The van der Waals surface area contributed by atoms with E-state index in [4.69, 9.17) is 9.47 Å². The zero-order chi connectivity index (χ0) is 13.1. The summed E-state index contributed by atoms with van der Waals surface area (Å²) in [5.41, 5.74) is 0. The number of methoxy groups -OCH3 is 1. The highest BCUT2D eigenvalue weighted by atomic mass is 79.9. The zero-order valence-electron chi connectivity index (χ0n) is 9.15. The normalized spacial score (nSPS) is 10.2. The van der Waals surface area contributed by atoms with E-state index < -0.39 is 11.6 Å². The minimum absolute atomic E-state index is 0.0268. The summed E-state index contributed by atoms with van der Waals surface area (Å²) in [7, 11) is 1.44. The fraction of sp³-hybridized carbons (Fsp3) is 0.0909. The third-order valence-electron chi connectivity index (χ3n) is 1.98. The van der Waals surface area contributed by atoms with E-state index >= 15 is 0 Å². The van der Waals surface area contributed by atoms with Gasteiger partial charge in [0, 0.05) is 6.07 Å². The summed E-state index contributed by atoms with van der Waals surface area (Å²) in [4.78, 5) is 7.78. The average Bonchev–Trinajstić information content (AvgIpc) is 2.36. The Labute approximate surface area is 110 Å². The summed E-state index contributed by atoms with van der Waals surface area (Å²) in [5.74, 6) is -1.57. The lowest BCUT2D eigenvalue weighted by molar-refractivity contribution is 0.372. The van der Waals surface area contributed by atoms with Gasteiger partial charge in [0.2, 0.25) is 5.88 Å². The van der Waals surface area contributed by atoms with Gasteiger partial charge in [0.15, 0.2) is 11.6 Å². The number of nitrogens with zero attached hydrogens (tertiary/aromatic N) is 2. The van der Waals surface area contributed by atoms with Gasteiger partial charge in [-0.3, -0.25) is 0 Å². The number of hydrogen-bond acceptors (Lipinski definition) is 4. The van der Waals surface area contributed by atoms with Crippen molar-refractivity contribution >= 4 is 15.9 Å². The van der Waals surface area contributed by atoms with Crippen LogP contribution in [0.25, 0.3) is 0 Å². The van der Waals surface area contributed by atoms with Crippen LogP contribution in [0, 0.1) is 11.6 Å². The van der Waals surface area contributed by atoms with Crippen LogP contribution in [0.2, 0.25) is 0 Å². The van der Waals surface area contributed by atoms with Crippen LogP contribution in [0.5, 0.6) is 17.6 Å². The largest absolute Gasteiger partial charge is 0.480 e. The summed E-state index contributed by atoms with van der Waals surface area (Å²) in [6.45, 7) is 0. The molecule has 0 unspecified atom stereocenters. The molecule has 1 heterocycles. The molecule has 0 radical (unpaired) electrons. The highest BCUT2D eigenvalue weighted by Gasteiger charge is 2.09. The van der Waals surface area contributed by atoms with Gasteiger partial charge in [-0.15, -0.1) is 0 Å². The summed E-state index contributed by atoms with van der Waals surface area (Å²) < 4.78 is 36.4. The Morgan fingerprint density at radius 2 is 2.00 bits per heavy atom. The molecule has 94 valence electrons. The Kier molecular flexibility index (Phi) is 3.71. The van der Waals surface area contributed by atoms with E-state index in [0.29, 0.717) is 4.47 Å². The molecule has 0 atom stereocenters. The molecule has 7 heteroatoms. The molecule has 0 bridgehead atoms. The molecule has 0 aliphatic carbocycles. The predicted octanol–water partition coefficient (Wildman–Crippen LogP) is 3.32. The molecule has 1 aromatic carbocycles. The van der Waals surface area contributed by atoms with Crippen molar-refractivity contribution in [1.29, 1.82) is 0 Å². The van der Waals surface area contributed by atoms with Crippen LogP contribution in [-0.4, -0.2) is 17.1 Å². The summed E-state index contributed by atoms with van der Waals surface area (Å²) >= 11 is 3.18. The van der Waals surface area contributed by atoms with Crippen LogP contribution in [0.3, 0.4) is 0 Å². The Bertz CT molecular complexity index is 581. The van der Waals surface area contributed by atoms with E-state index in [1.54, 1.807) is 0 Å². The summed E-state index contributed by atoms with van der Waals surface area (Å²) in [6.07, 6.45) is 1.43. The SMILES string of the molecule is COc1nc(Oc2ccc(F)c(F)c2)ncc1Br. The van der Waals surface area contributed by atoms with Gasteiger partial charge >= 0.3 is 6.01 Å². The first kappa shape index (κ1) is 12.7. The van der Waals surface area contributed by atoms with Gasteiger partial charge < -0.3 is 9.47 Å². The van der Waals surface area contributed by atoms with Crippen LogP contribution in [0.1, 0.15) is 0 Å². The molecule has 0 spiro atoms. The topological polar surface area (TPSA) is 44.2 Å². The molecule has 0 aliphatic heterocycles. The molecule has 0 aliphatic rings. The van der Waals surface area contributed by atoms with E-state index in [0.717, 1.165) is 12.1 Å². The summed E-state index contributed by atoms with van der Waals surface area (Å²) in [6, 6.07) is 3.12. The van der Waals surface area contributed by atoms with Gasteiger partial charge in [-0.25, -0.2) is 13.8 Å². The third-order valence-corrected chi connectivity index (χ3v) is 2.53. The molecule has 0 saturated heterocycles. The molecule has 2 rings (SSSR count). The van der Waals surface area contributed by atoms with E-state index in [1.165, 1.54) is 19.4 Å². The smallest absolute Gasteiger partial charge is 0.325 e. The van der Waals surface area contributed by atoms with Gasteiger partial charge in [0.25, 0.3) is 0 Å². The Morgan fingerprint density at radius 3 is 2.67 bits per heavy atom. The number of halogens is 3. The first-order valence-corrected chi connectivity index (χ1v) is 5.59. The molecular formula is C11H7BrF2N2O2. The number of hydrogen-bond donors (Lipinski definition) is 0. The monoisotopic (exact) mass is 316 g/mol. The maximum atomic E-state index is 13.0. The van der Waals surface area contributed by atoms with E-state index in [-0.39, 0.29) is 17.6 Å². The molecule has 0 amide bonds. The first-order chi connectivity index (χ1) is 8.60. The van der Waals surface area contributed by atoms with Crippen molar-refractivity contribution in [1.82, 2.24) is 9.97 Å². The number of ether oxygens (including phenoxy) is 2. The predicted molar refractivity (Wildman–Crippen MR) is 62.7 cm³/mol. The second kappa shape index (κ2) is 5.26. The Balaban J connectivity index is 2.25. The lowest BCUT2D eigenvalue weighted by Crippen LogP contribution is -1.96. The van der Waals surface area contributed by atoms with Crippen LogP contribution in [-0.2, 0) is 0 Å². The van der Waals surface area contributed by atoms with Crippen molar-refractivity contribution in [2.45, 2.75) is 0 Å². The second-order valence-corrected chi connectivity index (χ2v) is 4.04. The van der Waals surface area contributed by atoms with E-state index in [2.05, 4.69) is 25.9 Å². The molecule has 0 saturated carbocycles. The molecular weight excluding hydrogens is 310 g/mol. The van der Waals surface area contributed by atoms with Crippen molar-refractivity contribution in [2.75, 3.05) is 7.11 Å². The average molecular weight is 317 g/mol. The van der Waals surface area contributed by atoms with Gasteiger partial charge in [-0.05, 0) is 28.1 Å². The molecule has 4 nitrogen and oxygen atoms in total. The first-order valence-electron chi connectivity index (χ1n) is 4.79. The lowest BCUT2D eigenvalue weighted by atomic mass is 10.3. The maximum absolute atomic E-state index is 13.0. The van der Waals surface area contributed by atoms with Crippen molar-refractivity contribution < 1.29 is 18.3 Å². The zero-order valence-corrected chi connectivity index (χ0v) is 10.7. The summed E-state index contributed by atoms with van der Waals surface area (Å²) in [5, 5.41) is 0. The standard InChI is InChI=1S/C11H7BrF2N2O2/c1-17-10-7(12)5-15-11(16-10)18-6-2-3-8(13)9(14)4-6/h2-5H,1H3. The molecule has 18 heavy (non-hydrogen) atoms. The van der Waals surface area contributed by atoms with Crippen LogP contribution >= 0.6 is 15.9 Å². The Morgan fingerprint density at radius 1 is 1.22 bits per heavy atom. The van der Waals surface area contributed by atoms with Crippen LogP contribution in [0.4, 0.5) is 8.78 Å². The van der Waals surface area contributed by atoms with Crippen molar-refractivity contribution in [3.63, 3.8) is 0 Å². The van der Waals surface area contributed by atoms with Crippen molar-refractivity contribution in [3.05, 3.63) is 40.5 Å². The third kappa shape index (κ3) is 2.73. The minimum Gasteiger partial charge on any atom is -0.480 e. The van der Waals surface area contributed by atoms with E-state index in [1.807, 2.05) is 0 Å². The highest BCUT2D eigenvalue weighted by molar-refractivity contribution is 9.10. The van der Waals surface area contributed by atoms with Gasteiger partial charge in [0.05, 0.1) is 17.8 Å². The van der Waals surface area contributed by atoms with Gasteiger partial charge in [-0.1, -0.05) is 0 Å². The number of benzene rings is 1. The van der Waals surface area contributed by atoms with Crippen molar-refractivity contribution in [3.8, 4) is 17.6 Å². The van der Waals surface area contributed by atoms with Gasteiger partial charge in [-0.2, -0.15) is 4.98 Å². The van der Waals surface area contributed by atoms with Gasteiger partial charge in [0.1, 0.15) is 5.75 Å². The number of aromatic nitrogens is 2. The maximum Gasteiger partial charge on any atom is 0.325 e.